The molecule has 14 heavy (non-hydrogen) atoms. The van der Waals surface area contributed by atoms with Gasteiger partial charge in [0.25, 0.3) is 0 Å². The van der Waals surface area contributed by atoms with Gasteiger partial charge in [-0.3, -0.25) is 0 Å². The van der Waals surface area contributed by atoms with Crippen molar-refractivity contribution in [2.75, 3.05) is 11.8 Å². The molecule has 0 rings (SSSR count). The lowest BCUT2D eigenvalue weighted by Gasteiger charge is -2.29. The van der Waals surface area contributed by atoms with E-state index in [2.05, 4.69) is 20.8 Å². The first-order valence-electron chi connectivity index (χ1n) is 5.73. The van der Waals surface area contributed by atoms with Crippen LogP contribution < -0.4 is 0 Å². The third kappa shape index (κ3) is 5.46. The van der Waals surface area contributed by atoms with E-state index in [0.29, 0.717) is 11.8 Å². The molecule has 0 N–H and O–H groups in total. The van der Waals surface area contributed by atoms with Gasteiger partial charge in [0.1, 0.15) is 0 Å². The topological polar surface area (TPSA) is 0 Å². The molecule has 86 valence electrons. The summed E-state index contributed by atoms with van der Waals surface area (Å²) in [5.74, 6) is 2.16. The fraction of sp³-hybridized carbons (Fsp3) is 1.00. The van der Waals surface area contributed by atoms with Gasteiger partial charge >= 0.3 is 0 Å². The SMILES string of the molecule is CCCCC(CC)CC(C)(CCl)CCl. The van der Waals surface area contributed by atoms with Crippen molar-refractivity contribution in [2.45, 2.75) is 52.9 Å². The Bertz CT molecular complexity index is 130. The zero-order chi connectivity index (χ0) is 11.0. The molecule has 0 heterocycles. The van der Waals surface area contributed by atoms with Crippen LogP contribution in [0.4, 0.5) is 0 Å². The standard InChI is InChI=1S/C12H24Cl2/c1-4-6-7-11(5-2)8-12(3,9-13)10-14/h11H,4-10H2,1-3H3. The van der Waals surface area contributed by atoms with Crippen molar-refractivity contribution in [3.05, 3.63) is 0 Å². The highest BCUT2D eigenvalue weighted by atomic mass is 35.5. The molecular formula is C12H24Cl2. The molecule has 0 aromatic rings. The van der Waals surface area contributed by atoms with E-state index >= 15 is 0 Å². The molecule has 0 fully saturated rings. The van der Waals surface area contributed by atoms with Crippen molar-refractivity contribution < 1.29 is 0 Å². The van der Waals surface area contributed by atoms with Gasteiger partial charge in [0.05, 0.1) is 0 Å². The van der Waals surface area contributed by atoms with Crippen molar-refractivity contribution in [3.8, 4) is 0 Å². The summed E-state index contributed by atoms with van der Waals surface area (Å²) < 4.78 is 0. The van der Waals surface area contributed by atoms with Crippen molar-refractivity contribution in [1.29, 1.82) is 0 Å². The van der Waals surface area contributed by atoms with E-state index in [-0.39, 0.29) is 5.41 Å². The van der Waals surface area contributed by atoms with Gasteiger partial charge in [0, 0.05) is 11.8 Å². The van der Waals surface area contributed by atoms with Gasteiger partial charge < -0.3 is 0 Å². The Kier molecular flexibility index (Phi) is 8.14. The molecule has 1 unspecified atom stereocenters. The van der Waals surface area contributed by atoms with Crippen LogP contribution >= 0.6 is 23.2 Å². The minimum absolute atomic E-state index is 0.136. The second-order valence-corrected chi connectivity index (χ2v) is 5.23. The fourth-order valence-electron chi connectivity index (χ4n) is 1.79. The fourth-order valence-corrected chi connectivity index (χ4v) is 2.29. The van der Waals surface area contributed by atoms with Gasteiger partial charge in [-0.1, -0.05) is 46.5 Å². The highest BCUT2D eigenvalue weighted by Crippen LogP contribution is 2.32. The minimum Gasteiger partial charge on any atom is -0.126 e. The average Bonchev–Trinajstić information content (AvgIpc) is 2.23. The van der Waals surface area contributed by atoms with Crippen LogP contribution in [0.2, 0.25) is 0 Å². The number of halogens is 2. The first-order valence-corrected chi connectivity index (χ1v) is 6.80. The molecule has 0 nitrogen and oxygen atoms in total. The number of hydrogen-bond acceptors (Lipinski definition) is 0. The molecule has 0 spiro atoms. The third-order valence-corrected chi connectivity index (χ3v) is 4.26. The maximum absolute atomic E-state index is 5.96. The van der Waals surface area contributed by atoms with Crippen LogP contribution in [0, 0.1) is 11.3 Å². The molecule has 0 aliphatic rings. The number of alkyl halides is 2. The summed E-state index contributed by atoms with van der Waals surface area (Å²) in [6, 6.07) is 0. The molecule has 0 aromatic carbocycles. The molecule has 0 bridgehead atoms. The van der Waals surface area contributed by atoms with E-state index in [9.17, 15) is 0 Å². The van der Waals surface area contributed by atoms with Crippen LogP contribution in [-0.2, 0) is 0 Å². The summed E-state index contributed by atoms with van der Waals surface area (Å²) in [4.78, 5) is 0. The molecule has 0 saturated carbocycles. The van der Waals surface area contributed by atoms with E-state index in [1.165, 1.54) is 32.1 Å². The summed E-state index contributed by atoms with van der Waals surface area (Å²) >= 11 is 11.9. The lowest BCUT2D eigenvalue weighted by Crippen LogP contribution is -2.24. The molecule has 0 amide bonds. The zero-order valence-electron chi connectivity index (χ0n) is 9.78. The largest absolute Gasteiger partial charge is 0.126 e. The summed E-state index contributed by atoms with van der Waals surface area (Å²) in [5.41, 5.74) is 0.136. The number of unbranched alkanes of at least 4 members (excludes halogenated alkanes) is 1. The molecule has 0 aliphatic heterocycles. The Labute approximate surface area is 99.4 Å². The Balaban J connectivity index is 4.00. The predicted octanol–water partition coefficient (Wildman–Crippen LogP) is 5.08. The molecule has 0 radical (unpaired) electrons. The Hall–Kier alpha value is 0.580. The minimum atomic E-state index is 0.136. The van der Waals surface area contributed by atoms with Gasteiger partial charge in [-0.05, 0) is 17.8 Å². The van der Waals surface area contributed by atoms with E-state index in [1.807, 2.05) is 0 Å². The molecule has 0 aliphatic carbocycles. The van der Waals surface area contributed by atoms with Gasteiger partial charge in [-0.2, -0.15) is 0 Å². The van der Waals surface area contributed by atoms with Crippen LogP contribution in [-0.4, -0.2) is 11.8 Å². The van der Waals surface area contributed by atoms with Crippen LogP contribution in [0.3, 0.4) is 0 Å². The monoisotopic (exact) mass is 238 g/mol. The van der Waals surface area contributed by atoms with E-state index in [0.717, 1.165) is 5.92 Å². The zero-order valence-corrected chi connectivity index (χ0v) is 11.3. The third-order valence-electron chi connectivity index (χ3n) is 2.97. The first-order chi connectivity index (χ1) is 6.61. The lowest BCUT2D eigenvalue weighted by atomic mass is 9.81. The summed E-state index contributed by atoms with van der Waals surface area (Å²) in [5, 5.41) is 0. The lowest BCUT2D eigenvalue weighted by molar-refractivity contribution is 0.280. The summed E-state index contributed by atoms with van der Waals surface area (Å²) in [6.07, 6.45) is 6.38. The van der Waals surface area contributed by atoms with Crippen molar-refractivity contribution in [3.63, 3.8) is 0 Å². The van der Waals surface area contributed by atoms with Crippen LogP contribution in [0.15, 0.2) is 0 Å². The molecule has 1 atom stereocenters. The Morgan fingerprint density at radius 2 is 1.71 bits per heavy atom. The molecule has 0 aromatic heterocycles. The normalized spacial score (nSPS) is 14.4. The molecular weight excluding hydrogens is 215 g/mol. The summed E-state index contributed by atoms with van der Waals surface area (Å²) in [6.45, 7) is 6.71. The Morgan fingerprint density at radius 3 is 2.07 bits per heavy atom. The van der Waals surface area contributed by atoms with Gasteiger partial charge in [-0.25, -0.2) is 0 Å². The van der Waals surface area contributed by atoms with Gasteiger partial charge in [0.2, 0.25) is 0 Å². The molecule has 0 saturated heterocycles. The second-order valence-electron chi connectivity index (χ2n) is 4.70. The van der Waals surface area contributed by atoms with Crippen LogP contribution in [0.25, 0.3) is 0 Å². The van der Waals surface area contributed by atoms with E-state index in [1.54, 1.807) is 0 Å². The predicted molar refractivity (Wildman–Crippen MR) is 67.5 cm³/mol. The van der Waals surface area contributed by atoms with E-state index in [4.69, 9.17) is 23.2 Å². The maximum atomic E-state index is 5.96. The Morgan fingerprint density at radius 1 is 1.14 bits per heavy atom. The van der Waals surface area contributed by atoms with Crippen molar-refractivity contribution >= 4 is 23.2 Å². The van der Waals surface area contributed by atoms with Crippen LogP contribution in [0.5, 0.6) is 0 Å². The van der Waals surface area contributed by atoms with E-state index < -0.39 is 0 Å². The smallest absolute Gasteiger partial charge is 0.0288 e. The number of rotatable bonds is 8. The number of hydrogen-bond donors (Lipinski definition) is 0. The first kappa shape index (κ1) is 14.6. The highest BCUT2D eigenvalue weighted by Gasteiger charge is 2.25. The quantitative estimate of drug-likeness (QED) is 0.518. The van der Waals surface area contributed by atoms with Crippen molar-refractivity contribution in [2.24, 2.45) is 11.3 Å². The summed E-state index contributed by atoms with van der Waals surface area (Å²) in [7, 11) is 0. The van der Waals surface area contributed by atoms with Gasteiger partial charge in [-0.15, -0.1) is 23.2 Å². The highest BCUT2D eigenvalue weighted by molar-refractivity contribution is 6.21. The maximum Gasteiger partial charge on any atom is 0.0288 e. The average molecular weight is 239 g/mol. The van der Waals surface area contributed by atoms with Crippen LogP contribution in [0.1, 0.15) is 52.9 Å². The molecule has 2 heteroatoms. The van der Waals surface area contributed by atoms with Crippen molar-refractivity contribution in [1.82, 2.24) is 0 Å². The van der Waals surface area contributed by atoms with Gasteiger partial charge in [0.15, 0.2) is 0 Å². The second kappa shape index (κ2) is 7.82.